The average molecular weight is 576 g/mol. The van der Waals surface area contributed by atoms with Gasteiger partial charge in [0.05, 0.1) is 16.7 Å². The second kappa shape index (κ2) is 10.5. The van der Waals surface area contributed by atoms with Crippen molar-refractivity contribution in [2.24, 2.45) is 5.73 Å². The molecule has 212 valence electrons. The van der Waals surface area contributed by atoms with Crippen LogP contribution in [0.15, 0.2) is 41.4 Å². The quantitative estimate of drug-likeness (QED) is 0.282. The van der Waals surface area contributed by atoms with Gasteiger partial charge in [0.2, 0.25) is 0 Å². The summed E-state index contributed by atoms with van der Waals surface area (Å²) < 4.78 is 86.4. The second-order valence-electron chi connectivity index (χ2n) is 10.6. The zero-order valence-corrected chi connectivity index (χ0v) is 22.8. The van der Waals surface area contributed by atoms with E-state index >= 15 is 8.78 Å². The molecular weight excluding hydrogens is 546 g/mol. The second-order valence-corrected chi connectivity index (χ2v) is 12.5. The van der Waals surface area contributed by atoms with E-state index in [4.69, 9.17) is 11.5 Å². The number of aromatic nitrogens is 3. The normalized spacial score (nSPS) is 18.1. The van der Waals surface area contributed by atoms with E-state index in [1.807, 2.05) is 13.8 Å². The van der Waals surface area contributed by atoms with E-state index in [0.29, 0.717) is 17.0 Å². The Labute approximate surface area is 229 Å². The van der Waals surface area contributed by atoms with Gasteiger partial charge >= 0.3 is 0 Å². The third-order valence-electron chi connectivity index (χ3n) is 7.45. The summed E-state index contributed by atoms with van der Waals surface area (Å²) in [5, 5.41) is 4.98. The predicted octanol–water partition coefficient (Wildman–Crippen LogP) is 5.78. The van der Waals surface area contributed by atoms with Crippen LogP contribution in [0.4, 0.5) is 23.4 Å². The Morgan fingerprint density at radius 2 is 1.65 bits per heavy atom. The molecule has 1 saturated carbocycles. The van der Waals surface area contributed by atoms with Gasteiger partial charge in [0.1, 0.15) is 39.7 Å². The van der Waals surface area contributed by atoms with Gasteiger partial charge in [-0.15, -0.1) is 0 Å². The van der Waals surface area contributed by atoms with Gasteiger partial charge in [-0.05, 0) is 75.3 Å². The Kier molecular flexibility index (Phi) is 7.34. The van der Waals surface area contributed by atoms with Crippen molar-refractivity contribution < 1.29 is 26.0 Å². The lowest BCUT2D eigenvalue weighted by molar-refractivity contribution is 0.395. The molecule has 0 unspecified atom stereocenters. The van der Waals surface area contributed by atoms with Crippen molar-refractivity contribution in [1.29, 1.82) is 0 Å². The zero-order chi connectivity index (χ0) is 28.9. The van der Waals surface area contributed by atoms with E-state index in [1.54, 1.807) is 10.9 Å². The largest absolute Gasteiger partial charge is 0.383 e. The van der Waals surface area contributed by atoms with Crippen LogP contribution in [0, 0.1) is 23.3 Å². The Balaban J connectivity index is 1.62. The maximum atomic E-state index is 15.6. The molecule has 5 rings (SSSR count). The average Bonchev–Trinajstić information content (AvgIpc) is 3.28. The van der Waals surface area contributed by atoms with Crippen molar-refractivity contribution >= 4 is 26.6 Å². The fourth-order valence-electron chi connectivity index (χ4n) is 5.45. The zero-order valence-electron chi connectivity index (χ0n) is 22.0. The first-order valence-corrected chi connectivity index (χ1v) is 14.6. The van der Waals surface area contributed by atoms with Crippen LogP contribution in [0.1, 0.15) is 62.6 Å². The van der Waals surface area contributed by atoms with Gasteiger partial charge in [0.25, 0.3) is 0 Å². The first-order chi connectivity index (χ1) is 18.9. The van der Waals surface area contributed by atoms with Gasteiger partial charge in [-0.1, -0.05) is 6.07 Å². The standard InChI is InChI=1S/C28H29F4N5O2S/c1-14(2)37-26-19(15-6-8-17(33)9-7-15)12-35-28(34)24(26)25(36-37)18-11-22(31)16(10-23(18)32)13-40(38,39)27-20(29)4-3-5-21(27)30/h3-5,10-12,14-15,17H,6-9,13,33H2,1-2H3,(H2,34,35). The van der Waals surface area contributed by atoms with E-state index in [0.717, 1.165) is 55.5 Å². The minimum absolute atomic E-state index is 0.0639. The summed E-state index contributed by atoms with van der Waals surface area (Å²) in [5.74, 6) is -5.59. The molecular formula is C28H29F4N5O2S. The van der Waals surface area contributed by atoms with Crippen molar-refractivity contribution in [3.63, 3.8) is 0 Å². The lowest BCUT2D eigenvalue weighted by Crippen LogP contribution is -2.26. The van der Waals surface area contributed by atoms with Crippen LogP contribution >= 0.6 is 0 Å². The molecule has 0 radical (unpaired) electrons. The fourth-order valence-corrected chi connectivity index (χ4v) is 6.95. The molecule has 0 spiro atoms. The van der Waals surface area contributed by atoms with Crippen LogP contribution in [0.5, 0.6) is 0 Å². The number of nitrogens with two attached hydrogens (primary N) is 2. The highest BCUT2D eigenvalue weighted by Gasteiger charge is 2.30. The predicted molar refractivity (Wildman–Crippen MR) is 144 cm³/mol. The smallest absolute Gasteiger partial charge is 0.188 e. The maximum absolute atomic E-state index is 15.6. The molecule has 1 fully saturated rings. The highest BCUT2D eigenvalue weighted by atomic mass is 32.2. The van der Waals surface area contributed by atoms with E-state index in [1.165, 1.54) is 0 Å². The first kappa shape index (κ1) is 28.0. The molecule has 4 N–H and O–H groups in total. The van der Waals surface area contributed by atoms with Gasteiger partial charge in [-0.25, -0.2) is 31.0 Å². The minimum atomic E-state index is -4.68. The molecule has 1 aliphatic rings. The monoisotopic (exact) mass is 575 g/mol. The molecule has 40 heavy (non-hydrogen) atoms. The number of nitrogen functional groups attached to an aromatic ring is 1. The highest BCUT2D eigenvalue weighted by molar-refractivity contribution is 7.90. The van der Waals surface area contributed by atoms with Gasteiger partial charge in [-0.3, -0.25) is 4.68 Å². The number of nitrogens with zero attached hydrogens (tertiary/aromatic N) is 3. The molecule has 2 aromatic carbocycles. The van der Waals surface area contributed by atoms with Crippen LogP contribution < -0.4 is 11.5 Å². The molecule has 4 aromatic rings. The molecule has 0 saturated heterocycles. The van der Waals surface area contributed by atoms with Gasteiger partial charge < -0.3 is 11.5 Å². The summed E-state index contributed by atoms with van der Waals surface area (Å²) in [5.41, 5.74) is 13.2. The van der Waals surface area contributed by atoms with Crippen LogP contribution in [0.3, 0.4) is 0 Å². The number of rotatable bonds is 6. The first-order valence-electron chi connectivity index (χ1n) is 13.0. The number of anilines is 1. The van der Waals surface area contributed by atoms with Crippen LogP contribution in [0.2, 0.25) is 0 Å². The van der Waals surface area contributed by atoms with Crippen molar-refractivity contribution in [3.8, 4) is 11.3 Å². The minimum Gasteiger partial charge on any atom is -0.383 e. The Morgan fingerprint density at radius 3 is 2.27 bits per heavy atom. The topological polar surface area (TPSA) is 117 Å². The third kappa shape index (κ3) is 4.94. The fraction of sp³-hybridized carbons (Fsp3) is 0.357. The summed E-state index contributed by atoms with van der Waals surface area (Å²) in [6.07, 6.45) is 5.08. The molecule has 2 aromatic heterocycles. The van der Waals surface area contributed by atoms with E-state index < -0.39 is 49.3 Å². The summed E-state index contributed by atoms with van der Waals surface area (Å²) in [6.45, 7) is 3.81. The van der Waals surface area contributed by atoms with Gasteiger partial charge in [0, 0.05) is 29.4 Å². The SMILES string of the molecule is CC(C)n1nc(-c2cc(F)c(CS(=O)(=O)c3c(F)cccc3F)cc2F)c2c(N)ncc(C3CCC(N)CC3)c21. The summed E-state index contributed by atoms with van der Waals surface area (Å²) in [7, 11) is -4.68. The highest BCUT2D eigenvalue weighted by Crippen LogP contribution is 2.42. The molecule has 2 heterocycles. The molecule has 0 atom stereocenters. The van der Waals surface area contributed by atoms with Crippen LogP contribution in [-0.2, 0) is 15.6 Å². The van der Waals surface area contributed by atoms with Crippen LogP contribution in [0.25, 0.3) is 22.2 Å². The van der Waals surface area contributed by atoms with Crippen molar-refractivity contribution in [2.75, 3.05) is 5.73 Å². The van der Waals surface area contributed by atoms with Crippen molar-refractivity contribution in [3.05, 3.63) is 70.9 Å². The molecule has 0 bridgehead atoms. The van der Waals surface area contributed by atoms with Crippen molar-refractivity contribution in [2.45, 2.75) is 68.2 Å². The van der Waals surface area contributed by atoms with Crippen molar-refractivity contribution in [1.82, 2.24) is 14.8 Å². The van der Waals surface area contributed by atoms with Gasteiger partial charge in [0.15, 0.2) is 9.84 Å². The number of fused-ring (bicyclic) bond motifs is 1. The van der Waals surface area contributed by atoms with E-state index in [2.05, 4.69) is 10.1 Å². The summed E-state index contributed by atoms with van der Waals surface area (Å²) in [6, 6.07) is 4.08. The number of halogens is 4. The number of hydrogen-bond donors (Lipinski definition) is 2. The molecule has 0 amide bonds. The Bertz CT molecular complexity index is 1690. The van der Waals surface area contributed by atoms with E-state index in [-0.39, 0.29) is 35.1 Å². The molecule has 7 nitrogen and oxygen atoms in total. The molecule has 0 aliphatic heterocycles. The molecule has 1 aliphatic carbocycles. The number of hydrogen-bond acceptors (Lipinski definition) is 6. The van der Waals surface area contributed by atoms with Crippen LogP contribution in [-0.4, -0.2) is 29.2 Å². The lowest BCUT2D eigenvalue weighted by atomic mass is 9.82. The molecule has 12 heteroatoms. The number of benzene rings is 2. The Hall–Kier alpha value is -3.51. The third-order valence-corrected chi connectivity index (χ3v) is 9.15. The number of sulfone groups is 1. The van der Waals surface area contributed by atoms with E-state index in [9.17, 15) is 17.2 Å². The van der Waals surface area contributed by atoms with Gasteiger partial charge in [-0.2, -0.15) is 5.10 Å². The Morgan fingerprint density at radius 1 is 1.00 bits per heavy atom. The summed E-state index contributed by atoms with van der Waals surface area (Å²) in [4.78, 5) is 3.16. The lowest BCUT2D eigenvalue weighted by Gasteiger charge is -2.27. The summed E-state index contributed by atoms with van der Waals surface area (Å²) >= 11 is 0. The number of pyridine rings is 1. The maximum Gasteiger partial charge on any atom is 0.188 e.